The van der Waals surface area contributed by atoms with E-state index >= 15 is 0 Å². The molecular formula is C18H26ClN5. The molecule has 0 bridgehead atoms. The van der Waals surface area contributed by atoms with Crippen LogP contribution in [0, 0.1) is 5.92 Å². The van der Waals surface area contributed by atoms with Crippen molar-refractivity contribution in [3.63, 3.8) is 0 Å². The van der Waals surface area contributed by atoms with Crippen LogP contribution in [0.5, 0.6) is 0 Å². The van der Waals surface area contributed by atoms with Crippen molar-refractivity contribution >= 4 is 17.3 Å². The molecule has 1 heterocycles. The lowest BCUT2D eigenvalue weighted by Crippen LogP contribution is -2.23. The van der Waals surface area contributed by atoms with Crippen molar-refractivity contribution in [1.29, 1.82) is 0 Å². The van der Waals surface area contributed by atoms with Crippen LogP contribution in [-0.4, -0.2) is 20.2 Å². The molecule has 0 spiro atoms. The number of hydrogen-bond donors (Lipinski definition) is 1. The number of para-hydroxylation sites is 1. The molecule has 1 N–H and O–H groups in total. The van der Waals surface area contributed by atoms with E-state index < -0.39 is 0 Å². The Morgan fingerprint density at radius 2 is 1.96 bits per heavy atom. The zero-order chi connectivity index (χ0) is 16.9. The SMILES string of the molecule is CC(C)CC(Nc1ccccc1Cl)c1nnnn1C1CCCCC1. The Morgan fingerprint density at radius 3 is 2.67 bits per heavy atom. The number of benzene rings is 1. The van der Waals surface area contributed by atoms with E-state index in [1.54, 1.807) is 0 Å². The molecule has 1 aromatic carbocycles. The second-order valence-electron chi connectivity index (χ2n) is 7.08. The fourth-order valence-electron chi connectivity index (χ4n) is 3.48. The third kappa shape index (κ3) is 4.07. The molecule has 0 amide bonds. The van der Waals surface area contributed by atoms with Crippen molar-refractivity contribution < 1.29 is 0 Å². The van der Waals surface area contributed by atoms with Crippen LogP contribution in [0.25, 0.3) is 0 Å². The third-order valence-corrected chi connectivity index (χ3v) is 4.99. The Balaban J connectivity index is 1.86. The van der Waals surface area contributed by atoms with Gasteiger partial charge in [-0.1, -0.05) is 56.8 Å². The number of aromatic nitrogens is 4. The molecule has 1 atom stereocenters. The van der Waals surface area contributed by atoms with Gasteiger partial charge < -0.3 is 5.32 Å². The van der Waals surface area contributed by atoms with Crippen LogP contribution in [0.3, 0.4) is 0 Å². The molecule has 2 aromatic rings. The van der Waals surface area contributed by atoms with Crippen LogP contribution >= 0.6 is 11.6 Å². The van der Waals surface area contributed by atoms with Crippen molar-refractivity contribution in [2.24, 2.45) is 5.92 Å². The van der Waals surface area contributed by atoms with Gasteiger partial charge in [0.05, 0.1) is 22.8 Å². The van der Waals surface area contributed by atoms with E-state index in [0.717, 1.165) is 23.0 Å². The third-order valence-electron chi connectivity index (χ3n) is 4.66. The van der Waals surface area contributed by atoms with Gasteiger partial charge in [-0.25, -0.2) is 4.68 Å². The van der Waals surface area contributed by atoms with E-state index in [-0.39, 0.29) is 6.04 Å². The molecule has 1 aromatic heterocycles. The first kappa shape index (κ1) is 17.2. The van der Waals surface area contributed by atoms with E-state index in [2.05, 4.69) is 39.4 Å². The van der Waals surface area contributed by atoms with Crippen molar-refractivity contribution in [2.75, 3.05) is 5.32 Å². The van der Waals surface area contributed by atoms with Gasteiger partial charge in [0.15, 0.2) is 5.82 Å². The van der Waals surface area contributed by atoms with E-state index in [1.165, 1.54) is 32.1 Å². The van der Waals surface area contributed by atoms with Crippen LogP contribution < -0.4 is 5.32 Å². The summed E-state index contributed by atoms with van der Waals surface area (Å²) in [6.07, 6.45) is 7.13. The van der Waals surface area contributed by atoms with E-state index in [0.29, 0.717) is 12.0 Å². The summed E-state index contributed by atoms with van der Waals surface area (Å²) in [7, 11) is 0. The van der Waals surface area contributed by atoms with Gasteiger partial charge in [-0.3, -0.25) is 0 Å². The van der Waals surface area contributed by atoms with Crippen LogP contribution in [0.2, 0.25) is 5.02 Å². The Bertz CT molecular complexity index is 648. The van der Waals surface area contributed by atoms with Crippen LogP contribution in [0.15, 0.2) is 24.3 Å². The summed E-state index contributed by atoms with van der Waals surface area (Å²) in [5, 5.41) is 17.0. The molecule has 3 rings (SSSR count). The van der Waals surface area contributed by atoms with Crippen molar-refractivity contribution in [3.05, 3.63) is 35.1 Å². The molecule has 130 valence electrons. The van der Waals surface area contributed by atoms with Gasteiger partial charge in [-0.15, -0.1) is 5.10 Å². The van der Waals surface area contributed by atoms with E-state index in [1.807, 2.05) is 24.3 Å². The molecule has 1 aliphatic carbocycles. The Labute approximate surface area is 148 Å². The predicted molar refractivity (Wildman–Crippen MR) is 97.2 cm³/mol. The number of nitrogens with zero attached hydrogens (tertiary/aromatic N) is 4. The van der Waals surface area contributed by atoms with Gasteiger partial charge in [0.2, 0.25) is 0 Å². The Hall–Kier alpha value is -1.62. The van der Waals surface area contributed by atoms with Gasteiger partial charge in [-0.05, 0) is 47.7 Å². The average Bonchev–Trinajstić information content (AvgIpc) is 3.06. The summed E-state index contributed by atoms with van der Waals surface area (Å²) < 4.78 is 2.05. The molecule has 0 saturated heterocycles. The smallest absolute Gasteiger partial charge is 0.173 e. The minimum atomic E-state index is 0.0572. The predicted octanol–water partition coefficient (Wildman–Crippen LogP) is 5.03. The standard InChI is InChI=1S/C18H26ClN5/c1-13(2)12-17(20-16-11-7-6-10-15(16)19)18-21-22-23-24(18)14-8-4-3-5-9-14/h6-7,10-11,13-14,17,20H,3-5,8-9,12H2,1-2H3. The normalized spacial score (nSPS) is 17.2. The van der Waals surface area contributed by atoms with Crippen LogP contribution in [0.1, 0.15) is 70.3 Å². The summed E-state index contributed by atoms with van der Waals surface area (Å²) in [6.45, 7) is 4.44. The zero-order valence-corrected chi connectivity index (χ0v) is 15.2. The largest absolute Gasteiger partial charge is 0.374 e. The summed E-state index contributed by atoms with van der Waals surface area (Å²) in [4.78, 5) is 0. The first-order valence-corrected chi connectivity index (χ1v) is 9.31. The van der Waals surface area contributed by atoms with Crippen molar-refractivity contribution in [1.82, 2.24) is 20.2 Å². The van der Waals surface area contributed by atoms with E-state index in [9.17, 15) is 0 Å². The fourth-order valence-corrected chi connectivity index (χ4v) is 3.67. The maximum atomic E-state index is 6.33. The minimum Gasteiger partial charge on any atom is -0.374 e. The van der Waals surface area contributed by atoms with Gasteiger partial charge in [0.25, 0.3) is 0 Å². The van der Waals surface area contributed by atoms with E-state index in [4.69, 9.17) is 11.6 Å². The molecule has 24 heavy (non-hydrogen) atoms. The van der Waals surface area contributed by atoms with Gasteiger partial charge in [-0.2, -0.15) is 0 Å². The highest BCUT2D eigenvalue weighted by Gasteiger charge is 2.26. The van der Waals surface area contributed by atoms with Crippen molar-refractivity contribution in [2.45, 2.75) is 64.5 Å². The lowest BCUT2D eigenvalue weighted by Gasteiger charge is -2.26. The highest BCUT2D eigenvalue weighted by atomic mass is 35.5. The van der Waals surface area contributed by atoms with Gasteiger partial charge in [0.1, 0.15) is 0 Å². The number of anilines is 1. The number of rotatable bonds is 6. The van der Waals surface area contributed by atoms with Crippen LogP contribution in [0.4, 0.5) is 5.69 Å². The highest BCUT2D eigenvalue weighted by Crippen LogP contribution is 2.33. The summed E-state index contributed by atoms with van der Waals surface area (Å²) >= 11 is 6.33. The second-order valence-corrected chi connectivity index (χ2v) is 7.49. The summed E-state index contributed by atoms with van der Waals surface area (Å²) in [5.74, 6) is 1.46. The number of halogens is 1. The van der Waals surface area contributed by atoms with Gasteiger partial charge in [0, 0.05) is 0 Å². The zero-order valence-electron chi connectivity index (χ0n) is 14.5. The van der Waals surface area contributed by atoms with Gasteiger partial charge >= 0.3 is 0 Å². The fraction of sp³-hybridized carbons (Fsp3) is 0.611. The quantitative estimate of drug-likeness (QED) is 0.796. The lowest BCUT2D eigenvalue weighted by molar-refractivity contribution is 0.310. The maximum absolute atomic E-state index is 6.33. The molecule has 1 fully saturated rings. The molecule has 0 radical (unpaired) electrons. The molecule has 1 aliphatic rings. The minimum absolute atomic E-state index is 0.0572. The van der Waals surface area contributed by atoms with Crippen LogP contribution in [-0.2, 0) is 0 Å². The first-order chi connectivity index (χ1) is 11.6. The number of nitrogens with one attached hydrogen (secondary N) is 1. The topological polar surface area (TPSA) is 55.6 Å². The summed E-state index contributed by atoms with van der Waals surface area (Å²) in [5.41, 5.74) is 0.933. The lowest BCUT2D eigenvalue weighted by atomic mass is 9.95. The Morgan fingerprint density at radius 1 is 1.21 bits per heavy atom. The molecule has 5 nitrogen and oxygen atoms in total. The number of tetrazole rings is 1. The molecule has 1 saturated carbocycles. The maximum Gasteiger partial charge on any atom is 0.173 e. The molecule has 0 aliphatic heterocycles. The van der Waals surface area contributed by atoms with Crippen molar-refractivity contribution in [3.8, 4) is 0 Å². The molecular weight excluding hydrogens is 322 g/mol. The second kappa shape index (κ2) is 7.97. The first-order valence-electron chi connectivity index (χ1n) is 8.94. The Kier molecular flexibility index (Phi) is 5.72. The number of hydrogen-bond acceptors (Lipinski definition) is 4. The molecule has 6 heteroatoms. The summed E-state index contributed by atoms with van der Waals surface area (Å²) in [6, 6.07) is 8.32. The monoisotopic (exact) mass is 347 g/mol. The molecule has 1 unspecified atom stereocenters. The average molecular weight is 348 g/mol. The highest BCUT2D eigenvalue weighted by molar-refractivity contribution is 6.33.